The van der Waals surface area contributed by atoms with Crippen molar-refractivity contribution in [2.45, 2.75) is 5.51 Å². The lowest BCUT2D eigenvalue weighted by Crippen LogP contribution is -2.28. The third-order valence-electron chi connectivity index (χ3n) is 3.42. The van der Waals surface area contributed by atoms with Gasteiger partial charge in [0.15, 0.2) is 4.32 Å². The van der Waals surface area contributed by atoms with Gasteiger partial charge in [0, 0.05) is 23.2 Å². The molecule has 5 nitrogen and oxygen atoms in total. The van der Waals surface area contributed by atoms with Gasteiger partial charge < -0.3 is 4.18 Å². The summed E-state index contributed by atoms with van der Waals surface area (Å²) in [5, 5.41) is 6.46. The van der Waals surface area contributed by atoms with E-state index in [0.29, 0.717) is 26.2 Å². The summed E-state index contributed by atoms with van der Waals surface area (Å²) in [7, 11) is -4.09. The van der Waals surface area contributed by atoms with Crippen molar-refractivity contribution in [2.24, 2.45) is 5.10 Å². The van der Waals surface area contributed by atoms with Crippen LogP contribution in [0.25, 0.3) is 0 Å². The zero-order valence-electron chi connectivity index (χ0n) is 15.0. The molecule has 29 heavy (non-hydrogen) atoms. The Kier molecular flexibility index (Phi) is 7.55. The normalized spacial score (nSPS) is 12.6. The molecule has 0 saturated carbocycles. The second-order valence-corrected chi connectivity index (χ2v) is 8.87. The smallest absolute Gasteiger partial charge is 0.376 e. The number of hydrogen-bond acceptors (Lipinski definition) is 6. The topological polar surface area (TPSA) is 59.0 Å². The van der Waals surface area contributed by atoms with Gasteiger partial charge in [-0.3, -0.25) is 5.01 Å². The summed E-state index contributed by atoms with van der Waals surface area (Å²) in [5.41, 5.74) is -3.90. The highest BCUT2D eigenvalue weighted by atomic mass is 35.5. The molecule has 12 heteroatoms. The van der Waals surface area contributed by atoms with E-state index in [1.807, 2.05) is 0 Å². The number of nitrogens with zero attached hydrogens (tertiary/aromatic N) is 2. The van der Waals surface area contributed by atoms with Gasteiger partial charge in [-0.25, -0.2) is 0 Å². The summed E-state index contributed by atoms with van der Waals surface area (Å²) >= 11 is 12.4. The van der Waals surface area contributed by atoms with E-state index in [1.54, 1.807) is 37.6 Å². The van der Waals surface area contributed by atoms with Crippen LogP contribution in [0.15, 0.2) is 53.6 Å². The Morgan fingerprint density at radius 3 is 2.03 bits per heavy atom. The van der Waals surface area contributed by atoms with Gasteiger partial charge >= 0.3 is 15.6 Å². The lowest BCUT2D eigenvalue weighted by atomic mass is 10.0. The van der Waals surface area contributed by atoms with Gasteiger partial charge in [0.1, 0.15) is 5.75 Å². The molecule has 0 heterocycles. The number of hydrogen-bond donors (Lipinski definition) is 0. The minimum absolute atomic E-state index is 0.450. The molecule has 0 aliphatic rings. The van der Waals surface area contributed by atoms with Gasteiger partial charge in [-0.05, 0) is 42.7 Å². The van der Waals surface area contributed by atoms with Crippen LogP contribution in [0.2, 0.25) is 5.02 Å². The van der Waals surface area contributed by atoms with Crippen LogP contribution in [-0.2, 0) is 10.1 Å². The summed E-state index contributed by atoms with van der Waals surface area (Å²) in [6, 6.07) is 11.8. The second-order valence-electron chi connectivity index (χ2n) is 5.46. The van der Waals surface area contributed by atoms with Crippen LogP contribution < -0.4 is 4.18 Å². The summed E-state index contributed by atoms with van der Waals surface area (Å²) in [6.07, 6.45) is 1.80. The Bertz CT molecular complexity index is 1010. The van der Waals surface area contributed by atoms with Crippen LogP contribution >= 0.6 is 35.6 Å². The first-order chi connectivity index (χ1) is 13.4. The molecular weight excluding hydrogens is 469 g/mol. The fourth-order valence-corrected chi connectivity index (χ4v) is 2.99. The van der Waals surface area contributed by atoms with Crippen LogP contribution in [0.1, 0.15) is 11.1 Å². The molecule has 0 unspecified atom stereocenters. The molecule has 156 valence electrons. The fraction of sp³-hybridized carbons (Fsp3) is 0.176. The molecule has 0 saturated heterocycles. The third-order valence-corrected chi connectivity index (χ3v) is 6.03. The van der Waals surface area contributed by atoms with Crippen LogP contribution in [-0.4, -0.2) is 42.3 Å². The molecule has 2 aromatic carbocycles. The van der Waals surface area contributed by atoms with E-state index in [-0.39, 0.29) is 0 Å². The van der Waals surface area contributed by atoms with E-state index < -0.39 is 21.4 Å². The average molecular weight is 483 g/mol. The van der Waals surface area contributed by atoms with Gasteiger partial charge in [-0.15, -0.1) is 0 Å². The monoisotopic (exact) mass is 482 g/mol. The zero-order valence-corrected chi connectivity index (χ0v) is 18.2. The molecule has 2 rings (SSSR count). The number of thioether (sulfide) groups is 1. The van der Waals surface area contributed by atoms with Crippen LogP contribution in [0.4, 0.5) is 13.2 Å². The first kappa shape index (κ1) is 23.5. The molecule has 0 fully saturated rings. The lowest BCUT2D eigenvalue weighted by molar-refractivity contribution is -0.0500. The fourth-order valence-electron chi connectivity index (χ4n) is 2.06. The number of hydrazone groups is 1. The number of thiocarbonyl (C=S) groups is 1. The van der Waals surface area contributed by atoms with E-state index in [9.17, 15) is 21.6 Å². The van der Waals surface area contributed by atoms with Crippen molar-refractivity contribution in [1.29, 1.82) is 0 Å². The first-order valence-electron chi connectivity index (χ1n) is 7.72. The summed E-state index contributed by atoms with van der Waals surface area (Å²) in [4.78, 5) is 0. The largest absolute Gasteiger partial charge is 0.534 e. The Hall–Kier alpha value is -1.82. The average Bonchev–Trinajstić information content (AvgIpc) is 2.65. The summed E-state index contributed by atoms with van der Waals surface area (Å²) < 4.78 is 64.3. The molecule has 0 aliphatic heterocycles. The molecule has 0 N–H and O–H groups in total. The molecule has 0 aliphatic carbocycles. The lowest BCUT2D eigenvalue weighted by Gasteiger charge is -2.16. The van der Waals surface area contributed by atoms with Gasteiger partial charge in [-0.2, -0.15) is 26.7 Å². The Balaban J connectivity index is 2.43. The minimum Gasteiger partial charge on any atom is -0.376 e. The van der Waals surface area contributed by atoms with Gasteiger partial charge in [0.25, 0.3) is 0 Å². The first-order valence-corrected chi connectivity index (χ1v) is 11.1. The van der Waals surface area contributed by atoms with Crippen molar-refractivity contribution in [2.75, 3.05) is 13.3 Å². The van der Waals surface area contributed by atoms with Crippen LogP contribution in [0.5, 0.6) is 5.75 Å². The molecular formula is C17H14ClF3N2O3S3. The summed E-state index contributed by atoms with van der Waals surface area (Å²) in [6.45, 7) is 0. The Morgan fingerprint density at radius 2 is 1.59 bits per heavy atom. The molecule has 0 amide bonds. The van der Waals surface area contributed by atoms with Crippen molar-refractivity contribution < 1.29 is 25.8 Å². The molecule has 0 bridgehead atoms. The highest BCUT2D eigenvalue weighted by molar-refractivity contribution is 8.22. The minimum atomic E-state index is -5.75. The molecule has 0 spiro atoms. The number of alkyl halides is 3. The van der Waals surface area contributed by atoms with Gasteiger partial charge in [-0.1, -0.05) is 47.7 Å². The van der Waals surface area contributed by atoms with Crippen molar-refractivity contribution in [3.05, 3.63) is 64.7 Å². The summed E-state index contributed by atoms with van der Waals surface area (Å²) in [5.74, 6) is -0.477. The maximum Gasteiger partial charge on any atom is 0.534 e. The van der Waals surface area contributed by atoms with Crippen molar-refractivity contribution >= 4 is 55.7 Å². The number of rotatable bonds is 5. The predicted molar refractivity (Wildman–Crippen MR) is 113 cm³/mol. The maximum absolute atomic E-state index is 12.5. The predicted octanol–water partition coefficient (Wildman–Crippen LogP) is 4.90. The Labute approximate surface area is 180 Å². The number of benzene rings is 2. The molecule has 0 radical (unpaired) electrons. The van der Waals surface area contributed by atoms with Gasteiger partial charge in [0.2, 0.25) is 0 Å². The van der Waals surface area contributed by atoms with Crippen LogP contribution in [0.3, 0.4) is 0 Å². The quantitative estimate of drug-likeness (QED) is 0.199. The SMILES string of the molecule is CSC(=S)N(C)N=C(c1ccc(Cl)cc1)c1ccc(OS(=O)(=O)C(F)(F)F)cc1. The van der Waals surface area contributed by atoms with Crippen molar-refractivity contribution in [1.82, 2.24) is 5.01 Å². The van der Waals surface area contributed by atoms with E-state index in [4.69, 9.17) is 23.8 Å². The number of halogens is 4. The van der Waals surface area contributed by atoms with Crippen LogP contribution in [0, 0.1) is 0 Å². The zero-order chi connectivity index (χ0) is 21.8. The van der Waals surface area contributed by atoms with E-state index >= 15 is 0 Å². The molecule has 2 aromatic rings. The highest BCUT2D eigenvalue weighted by Crippen LogP contribution is 2.27. The van der Waals surface area contributed by atoms with E-state index in [2.05, 4.69) is 9.28 Å². The second kappa shape index (κ2) is 9.33. The molecule has 0 atom stereocenters. The van der Waals surface area contributed by atoms with E-state index in [0.717, 1.165) is 12.1 Å². The van der Waals surface area contributed by atoms with E-state index in [1.165, 1.54) is 28.9 Å². The maximum atomic E-state index is 12.5. The Morgan fingerprint density at radius 1 is 1.10 bits per heavy atom. The van der Waals surface area contributed by atoms with Gasteiger partial charge in [0.05, 0.1) is 5.71 Å². The standard InChI is InChI=1S/C17H14ClF3N2O3S3/c1-23(16(27)28-2)22-15(11-3-7-13(18)8-4-11)12-5-9-14(10-6-12)26-29(24,25)17(19,20)21/h3-10H,1-2H3. The molecule has 0 aromatic heterocycles. The van der Waals surface area contributed by atoms with Crippen molar-refractivity contribution in [3.63, 3.8) is 0 Å². The van der Waals surface area contributed by atoms with Crippen molar-refractivity contribution in [3.8, 4) is 5.75 Å². The third kappa shape index (κ3) is 6.08. The highest BCUT2D eigenvalue weighted by Gasteiger charge is 2.48.